The molecule has 1 N–H and O–H groups in total. The van der Waals surface area contributed by atoms with E-state index in [9.17, 15) is 4.79 Å². The van der Waals surface area contributed by atoms with Gasteiger partial charge < -0.3 is 5.32 Å². The number of carbonyl (C=O) groups excluding carboxylic acids is 1. The fraction of sp³-hybridized carbons (Fsp3) is 0.500. The molecule has 0 fully saturated rings. The predicted octanol–water partition coefficient (Wildman–Crippen LogP) is 2.12. The van der Waals surface area contributed by atoms with E-state index >= 15 is 0 Å². The standard InChI is InChI=1S/C14H20N4O/c1-8(2)11(5)17-14(19)12-7-15-18-10(4)6-9(3)16-13(12)18/h6-8,11H,1-5H3,(H,17,19). The van der Waals surface area contributed by atoms with Crippen molar-refractivity contribution >= 4 is 11.6 Å². The Labute approximate surface area is 113 Å². The van der Waals surface area contributed by atoms with Crippen molar-refractivity contribution < 1.29 is 4.79 Å². The molecule has 0 aliphatic carbocycles. The summed E-state index contributed by atoms with van der Waals surface area (Å²) < 4.78 is 1.70. The highest BCUT2D eigenvalue weighted by molar-refractivity contribution is 5.99. The topological polar surface area (TPSA) is 59.3 Å². The van der Waals surface area contributed by atoms with Crippen molar-refractivity contribution in [3.05, 3.63) is 29.2 Å². The number of aromatic nitrogens is 3. The first-order chi connectivity index (χ1) is 8.90. The van der Waals surface area contributed by atoms with Crippen molar-refractivity contribution in [2.75, 3.05) is 0 Å². The van der Waals surface area contributed by atoms with Gasteiger partial charge >= 0.3 is 0 Å². The molecule has 0 aromatic carbocycles. The molecule has 5 heteroatoms. The van der Waals surface area contributed by atoms with E-state index in [2.05, 4.69) is 29.2 Å². The minimum Gasteiger partial charge on any atom is -0.349 e. The Bertz CT molecular complexity index is 615. The summed E-state index contributed by atoms with van der Waals surface area (Å²) in [5.74, 6) is 0.274. The number of nitrogens with zero attached hydrogens (tertiary/aromatic N) is 3. The number of nitrogens with one attached hydrogen (secondary N) is 1. The molecule has 2 rings (SSSR count). The van der Waals surface area contributed by atoms with Crippen LogP contribution in [0.1, 0.15) is 42.5 Å². The number of aryl methyl sites for hydroxylation is 2. The van der Waals surface area contributed by atoms with Gasteiger partial charge in [0.1, 0.15) is 5.56 Å². The van der Waals surface area contributed by atoms with E-state index in [0.29, 0.717) is 17.1 Å². The van der Waals surface area contributed by atoms with Gasteiger partial charge in [-0.25, -0.2) is 9.50 Å². The van der Waals surface area contributed by atoms with Gasteiger partial charge in [-0.1, -0.05) is 13.8 Å². The van der Waals surface area contributed by atoms with Crippen LogP contribution in [0.4, 0.5) is 0 Å². The molecule has 0 radical (unpaired) electrons. The maximum atomic E-state index is 12.3. The summed E-state index contributed by atoms with van der Waals surface area (Å²) in [6.45, 7) is 10.0. The van der Waals surface area contributed by atoms with Crippen LogP contribution >= 0.6 is 0 Å². The summed E-state index contributed by atoms with van der Waals surface area (Å²) in [4.78, 5) is 16.7. The van der Waals surface area contributed by atoms with E-state index in [1.807, 2.05) is 26.8 Å². The molecule has 1 amide bonds. The SMILES string of the molecule is Cc1cc(C)n2ncc(C(=O)NC(C)C(C)C)c2n1. The Morgan fingerprint density at radius 2 is 2.00 bits per heavy atom. The Morgan fingerprint density at radius 3 is 2.63 bits per heavy atom. The molecule has 0 aliphatic rings. The van der Waals surface area contributed by atoms with Crippen LogP contribution in [-0.2, 0) is 0 Å². The van der Waals surface area contributed by atoms with E-state index < -0.39 is 0 Å². The lowest BCUT2D eigenvalue weighted by molar-refractivity contribution is 0.0932. The molecule has 2 aromatic rings. The van der Waals surface area contributed by atoms with Crippen LogP contribution in [0.15, 0.2) is 12.3 Å². The third-order valence-corrected chi connectivity index (χ3v) is 3.38. The molecular formula is C14H20N4O. The highest BCUT2D eigenvalue weighted by Gasteiger charge is 2.18. The molecular weight excluding hydrogens is 240 g/mol. The second-order valence-electron chi connectivity index (χ2n) is 5.34. The Balaban J connectivity index is 2.38. The first kappa shape index (κ1) is 13.5. The van der Waals surface area contributed by atoms with E-state index in [1.165, 1.54) is 0 Å². The van der Waals surface area contributed by atoms with Crippen molar-refractivity contribution in [3.8, 4) is 0 Å². The van der Waals surface area contributed by atoms with Crippen LogP contribution in [0.5, 0.6) is 0 Å². The van der Waals surface area contributed by atoms with Gasteiger partial charge in [0.05, 0.1) is 6.20 Å². The minimum atomic E-state index is -0.117. The molecule has 0 bridgehead atoms. The normalized spacial score (nSPS) is 12.9. The molecule has 2 aromatic heterocycles. The molecule has 5 nitrogen and oxygen atoms in total. The molecule has 0 spiro atoms. The van der Waals surface area contributed by atoms with Crippen LogP contribution in [0.3, 0.4) is 0 Å². The Hall–Kier alpha value is -1.91. The monoisotopic (exact) mass is 260 g/mol. The lowest BCUT2D eigenvalue weighted by Crippen LogP contribution is -2.36. The first-order valence-electron chi connectivity index (χ1n) is 6.53. The average Bonchev–Trinajstić information content (AvgIpc) is 2.72. The summed E-state index contributed by atoms with van der Waals surface area (Å²) in [5.41, 5.74) is 3.00. The molecule has 0 saturated carbocycles. The fourth-order valence-electron chi connectivity index (χ4n) is 1.88. The summed E-state index contributed by atoms with van der Waals surface area (Å²) in [5, 5.41) is 7.21. The van der Waals surface area contributed by atoms with Crippen LogP contribution in [0, 0.1) is 19.8 Å². The van der Waals surface area contributed by atoms with E-state index in [-0.39, 0.29) is 11.9 Å². The largest absolute Gasteiger partial charge is 0.349 e. The first-order valence-corrected chi connectivity index (χ1v) is 6.53. The number of rotatable bonds is 3. The van der Waals surface area contributed by atoms with Gasteiger partial charge in [-0.2, -0.15) is 5.10 Å². The maximum Gasteiger partial charge on any atom is 0.256 e. The van der Waals surface area contributed by atoms with Crippen molar-refractivity contribution in [1.29, 1.82) is 0 Å². The molecule has 0 aliphatic heterocycles. The van der Waals surface area contributed by atoms with Crippen LogP contribution in [0.2, 0.25) is 0 Å². The number of fused-ring (bicyclic) bond motifs is 1. The molecule has 1 unspecified atom stereocenters. The third kappa shape index (κ3) is 2.59. The molecule has 0 saturated heterocycles. The molecule has 102 valence electrons. The van der Waals surface area contributed by atoms with E-state index in [0.717, 1.165) is 11.4 Å². The Kier molecular flexibility index (Phi) is 3.55. The highest BCUT2D eigenvalue weighted by Crippen LogP contribution is 2.12. The van der Waals surface area contributed by atoms with Gasteiger partial charge in [0.25, 0.3) is 5.91 Å². The summed E-state index contributed by atoms with van der Waals surface area (Å²) in [6.07, 6.45) is 1.58. The summed E-state index contributed by atoms with van der Waals surface area (Å²) in [7, 11) is 0. The van der Waals surface area contributed by atoms with Crippen LogP contribution < -0.4 is 5.32 Å². The van der Waals surface area contributed by atoms with Gasteiger partial charge in [-0.05, 0) is 32.8 Å². The summed E-state index contributed by atoms with van der Waals surface area (Å²) >= 11 is 0. The zero-order valence-corrected chi connectivity index (χ0v) is 12.1. The number of amides is 1. The lowest BCUT2D eigenvalue weighted by atomic mass is 10.1. The van der Waals surface area contributed by atoms with Gasteiger partial charge in [-0.3, -0.25) is 4.79 Å². The van der Waals surface area contributed by atoms with E-state index in [4.69, 9.17) is 0 Å². The van der Waals surface area contributed by atoms with Gasteiger partial charge in [-0.15, -0.1) is 0 Å². The second-order valence-corrected chi connectivity index (χ2v) is 5.34. The van der Waals surface area contributed by atoms with Crippen molar-refractivity contribution in [2.45, 2.75) is 40.7 Å². The minimum absolute atomic E-state index is 0.117. The zero-order valence-electron chi connectivity index (χ0n) is 12.1. The van der Waals surface area contributed by atoms with Crippen LogP contribution in [-0.4, -0.2) is 26.5 Å². The van der Waals surface area contributed by atoms with Crippen molar-refractivity contribution in [3.63, 3.8) is 0 Å². The van der Waals surface area contributed by atoms with Crippen molar-refractivity contribution in [2.24, 2.45) is 5.92 Å². The van der Waals surface area contributed by atoms with Gasteiger partial charge in [0.2, 0.25) is 0 Å². The zero-order chi connectivity index (χ0) is 14.2. The Morgan fingerprint density at radius 1 is 1.32 bits per heavy atom. The average molecular weight is 260 g/mol. The number of hydrogen-bond acceptors (Lipinski definition) is 3. The fourth-order valence-corrected chi connectivity index (χ4v) is 1.88. The smallest absolute Gasteiger partial charge is 0.256 e. The highest BCUT2D eigenvalue weighted by atomic mass is 16.1. The molecule has 2 heterocycles. The lowest BCUT2D eigenvalue weighted by Gasteiger charge is -2.16. The van der Waals surface area contributed by atoms with Crippen LogP contribution in [0.25, 0.3) is 5.65 Å². The predicted molar refractivity (Wildman–Crippen MR) is 74.2 cm³/mol. The summed E-state index contributed by atoms with van der Waals surface area (Å²) in [6, 6.07) is 2.06. The molecule has 1 atom stereocenters. The van der Waals surface area contributed by atoms with Crippen molar-refractivity contribution in [1.82, 2.24) is 19.9 Å². The van der Waals surface area contributed by atoms with Gasteiger partial charge in [0.15, 0.2) is 5.65 Å². The number of carbonyl (C=O) groups is 1. The second kappa shape index (κ2) is 4.99. The number of hydrogen-bond donors (Lipinski definition) is 1. The third-order valence-electron chi connectivity index (χ3n) is 3.38. The maximum absolute atomic E-state index is 12.3. The van der Waals surface area contributed by atoms with E-state index in [1.54, 1.807) is 10.7 Å². The van der Waals surface area contributed by atoms with Gasteiger partial charge in [0, 0.05) is 17.4 Å². The molecule has 19 heavy (non-hydrogen) atoms. The quantitative estimate of drug-likeness (QED) is 0.919.